The summed E-state index contributed by atoms with van der Waals surface area (Å²) < 4.78 is 13.3. The summed E-state index contributed by atoms with van der Waals surface area (Å²) in [7, 11) is 0. The molecular weight excluding hydrogens is 433 g/mol. The third-order valence-electron chi connectivity index (χ3n) is 4.92. The second-order valence-corrected chi connectivity index (χ2v) is 8.13. The largest absolute Gasteiger partial charge is 0.274 e. The molecule has 0 saturated carbocycles. The molecule has 1 aromatic heterocycles. The number of hydrogen-bond donors (Lipinski definition) is 1. The van der Waals surface area contributed by atoms with Crippen LogP contribution in [0.2, 0.25) is 0 Å². The SMILES string of the molecule is O=C(Cc1cccs1)NN(C(=O)c1ccccc1)C1CC(=O)N(c2ccc(F)cc2)C1=O. The molecule has 162 valence electrons. The average Bonchev–Trinajstić information content (AvgIpc) is 3.40. The average molecular weight is 451 g/mol. The maximum atomic E-state index is 13.3. The number of hydrazine groups is 1. The second kappa shape index (κ2) is 9.11. The number of halogens is 1. The maximum Gasteiger partial charge on any atom is 0.273 e. The first-order valence-corrected chi connectivity index (χ1v) is 10.6. The predicted molar refractivity (Wildman–Crippen MR) is 116 cm³/mol. The number of thiophene rings is 1. The van der Waals surface area contributed by atoms with Gasteiger partial charge in [0.15, 0.2) is 0 Å². The van der Waals surface area contributed by atoms with Crippen molar-refractivity contribution in [3.05, 3.63) is 88.4 Å². The molecule has 3 aromatic rings. The molecule has 1 aliphatic rings. The van der Waals surface area contributed by atoms with E-state index in [1.54, 1.807) is 42.5 Å². The molecule has 1 atom stereocenters. The number of anilines is 1. The van der Waals surface area contributed by atoms with E-state index in [0.717, 1.165) is 26.9 Å². The standard InChI is InChI=1S/C23H18FN3O4S/c24-16-8-10-17(11-9-16)26-21(29)14-19(23(26)31)27(22(30)15-5-2-1-3-6-15)25-20(28)13-18-7-4-12-32-18/h1-12,19H,13-14H2,(H,25,28). The van der Waals surface area contributed by atoms with Crippen molar-refractivity contribution in [1.82, 2.24) is 10.4 Å². The van der Waals surface area contributed by atoms with Crippen molar-refractivity contribution >= 4 is 40.7 Å². The fourth-order valence-corrected chi connectivity index (χ4v) is 4.12. The molecular formula is C23H18FN3O4S. The molecule has 0 spiro atoms. The summed E-state index contributed by atoms with van der Waals surface area (Å²) in [5.74, 6) is -2.84. The fourth-order valence-electron chi connectivity index (χ4n) is 3.41. The van der Waals surface area contributed by atoms with E-state index in [0.29, 0.717) is 0 Å². The molecule has 2 aromatic carbocycles. The van der Waals surface area contributed by atoms with Crippen molar-refractivity contribution in [1.29, 1.82) is 0 Å². The molecule has 0 bridgehead atoms. The Morgan fingerprint density at radius 1 is 1.03 bits per heavy atom. The van der Waals surface area contributed by atoms with Crippen LogP contribution >= 0.6 is 11.3 Å². The van der Waals surface area contributed by atoms with Crippen LogP contribution in [0.1, 0.15) is 21.7 Å². The minimum absolute atomic E-state index is 0.0206. The van der Waals surface area contributed by atoms with Gasteiger partial charge in [0.1, 0.15) is 11.9 Å². The lowest BCUT2D eigenvalue weighted by Gasteiger charge is -2.28. The monoisotopic (exact) mass is 451 g/mol. The van der Waals surface area contributed by atoms with E-state index in [1.165, 1.54) is 23.5 Å². The number of amides is 4. The van der Waals surface area contributed by atoms with E-state index in [1.807, 2.05) is 5.38 Å². The number of carbonyl (C=O) groups excluding carboxylic acids is 4. The van der Waals surface area contributed by atoms with Gasteiger partial charge < -0.3 is 0 Å². The molecule has 2 heterocycles. The van der Waals surface area contributed by atoms with E-state index in [4.69, 9.17) is 0 Å². The van der Waals surface area contributed by atoms with Gasteiger partial charge in [-0.2, -0.15) is 0 Å². The lowest BCUT2D eigenvalue weighted by Crippen LogP contribution is -2.55. The van der Waals surface area contributed by atoms with Gasteiger partial charge in [0.25, 0.3) is 11.8 Å². The van der Waals surface area contributed by atoms with Gasteiger partial charge in [-0.15, -0.1) is 11.3 Å². The lowest BCUT2D eigenvalue weighted by molar-refractivity contribution is -0.128. The lowest BCUT2D eigenvalue weighted by atomic mass is 10.1. The van der Waals surface area contributed by atoms with Gasteiger partial charge in [0.05, 0.1) is 18.5 Å². The zero-order valence-electron chi connectivity index (χ0n) is 16.7. The molecule has 7 nitrogen and oxygen atoms in total. The summed E-state index contributed by atoms with van der Waals surface area (Å²) in [4.78, 5) is 53.3. The Hall–Kier alpha value is -3.85. The molecule has 1 N–H and O–H groups in total. The minimum Gasteiger partial charge on any atom is -0.274 e. The molecule has 1 aliphatic heterocycles. The molecule has 9 heteroatoms. The molecule has 1 saturated heterocycles. The van der Waals surface area contributed by atoms with Crippen LogP contribution in [0, 0.1) is 5.82 Å². The van der Waals surface area contributed by atoms with Crippen molar-refractivity contribution in [2.45, 2.75) is 18.9 Å². The number of rotatable bonds is 5. The van der Waals surface area contributed by atoms with Gasteiger partial charge in [-0.25, -0.2) is 14.3 Å². The van der Waals surface area contributed by atoms with Gasteiger partial charge >= 0.3 is 0 Å². The summed E-state index contributed by atoms with van der Waals surface area (Å²) in [6.45, 7) is 0. The third kappa shape index (κ3) is 4.42. The van der Waals surface area contributed by atoms with Gasteiger partial charge in [0.2, 0.25) is 11.8 Å². The van der Waals surface area contributed by atoms with Crippen LogP contribution in [0.15, 0.2) is 72.1 Å². The van der Waals surface area contributed by atoms with Crippen LogP contribution < -0.4 is 10.3 Å². The van der Waals surface area contributed by atoms with Crippen molar-refractivity contribution < 1.29 is 23.6 Å². The first-order valence-electron chi connectivity index (χ1n) is 9.77. The fraction of sp³-hybridized carbons (Fsp3) is 0.130. The Morgan fingerprint density at radius 2 is 1.75 bits per heavy atom. The Balaban J connectivity index is 1.62. The van der Waals surface area contributed by atoms with Gasteiger partial charge in [-0.05, 0) is 47.8 Å². The van der Waals surface area contributed by atoms with Crippen LogP contribution in [0.3, 0.4) is 0 Å². The van der Waals surface area contributed by atoms with Crippen LogP contribution in [0.5, 0.6) is 0 Å². The summed E-state index contributed by atoms with van der Waals surface area (Å²) in [5.41, 5.74) is 2.97. The number of nitrogens with one attached hydrogen (secondary N) is 1. The summed E-state index contributed by atoms with van der Waals surface area (Å²) in [6.07, 6.45) is -0.291. The predicted octanol–water partition coefficient (Wildman–Crippen LogP) is 2.94. The normalized spacial score (nSPS) is 15.7. The Morgan fingerprint density at radius 3 is 2.41 bits per heavy atom. The topological polar surface area (TPSA) is 86.8 Å². The smallest absolute Gasteiger partial charge is 0.273 e. The number of nitrogens with zero attached hydrogens (tertiary/aromatic N) is 2. The summed E-state index contributed by atoms with van der Waals surface area (Å²) in [5, 5.41) is 2.75. The Kier molecular flexibility index (Phi) is 6.09. The van der Waals surface area contributed by atoms with Gasteiger partial charge in [-0.3, -0.25) is 24.6 Å². The Bertz CT molecular complexity index is 1150. The molecule has 4 rings (SSSR count). The van der Waals surface area contributed by atoms with Crippen LogP contribution in [0.4, 0.5) is 10.1 Å². The Labute approximate surface area is 187 Å². The highest BCUT2D eigenvalue weighted by molar-refractivity contribution is 7.10. The van der Waals surface area contributed by atoms with E-state index in [2.05, 4.69) is 5.43 Å². The van der Waals surface area contributed by atoms with Crippen molar-refractivity contribution in [2.75, 3.05) is 4.90 Å². The van der Waals surface area contributed by atoms with E-state index in [9.17, 15) is 23.6 Å². The van der Waals surface area contributed by atoms with Crippen molar-refractivity contribution in [2.24, 2.45) is 0 Å². The maximum absolute atomic E-state index is 13.3. The number of imide groups is 1. The van der Waals surface area contributed by atoms with Crippen molar-refractivity contribution in [3.8, 4) is 0 Å². The van der Waals surface area contributed by atoms with E-state index < -0.39 is 35.5 Å². The quantitative estimate of drug-likeness (QED) is 0.477. The van der Waals surface area contributed by atoms with E-state index in [-0.39, 0.29) is 24.1 Å². The first kappa shape index (κ1) is 21.4. The number of carbonyl (C=O) groups is 4. The molecule has 0 aliphatic carbocycles. The molecule has 1 fully saturated rings. The van der Waals surface area contributed by atoms with Crippen molar-refractivity contribution in [3.63, 3.8) is 0 Å². The molecule has 4 amide bonds. The highest BCUT2D eigenvalue weighted by Crippen LogP contribution is 2.26. The minimum atomic E-state index is -1.23. The van der Waals surface area contributed by atoms with Crippen LogP contribution in [0.25, 0.3) is 0 Å². The molecule has 32 heavy (non-hydrogen) atoms. The van der Waals surface area contributed by atoms with Gasteiger partial charge in [0, 0.05) is 10.4 Å². The van der Waals surface area contributed by atoms with E-state index >= 15 is 0 Å². The summed E-state index contributed by atoms with van der Waals surface area (Å²) >= 11 is 1.39. The second-order valence-electron chi connectivity index (χ2n) is 7.10. The molecule has 1 unspecified atom stereocenters. The zero-order chi connectivity index (χ0) is 22.7. The summed E-state index contributed by atoms with van der Waals surface area (Å²) in [6, 6.07) is 15.4. The highest BCUT2D eigenvalue weighted by Gasteiger charge is 2.45. The third-order valence-corrected chi connectivity index (χ3v) is 5.80. The van der Waals surface area contributed by atoms with Crippen LogP contribution in [-0.2, 0) is 20.8 Å². The first-order chi connectivity index (χ1) is 15.4. The number of benzene rings is 2. The number of hydrogen-bond acceptors (Lipinski definition) is 5. The zero-order valence-corrected chi connectivity index (χ0v) is 17.5. The van der Waals surface area contributed by atoms with Crippen LogP contribution in [-0.4, -0.2) is 34.7 Å². The molecule has 0 radical (unpaired) electrons. The highest BCUT2D eigenvalue weighted by atomic mass is 32.1. The van der Waals surface area contributed by atoms with Gasteiger partial charge in [-0.1, -0.05) is 24.3 Å².